The zero-order valence-corrected chi connectivity index (χ0v) is 11.9. The van der Waals surface area contributed by atoms with Crippen LogP contribution in [0.3, 0.4) is 0 Å². The molecule has 1 fully saturated rings. The lowest BCUT2D eigenvalue weighted by Crippen LogP contribution is -2.33. The summed E-state index contributed by atoms with van der Waals surface area (Å²) in [7, 11) is 0. The van der Waals surface area contributed by atoms with Gasteiger partial charge in [0.25, 0.3) is 0 Å². The maximum Gasteiger partial charge on any atom is 0.223 e. The van der Waals surface area contributed by atoms with E-state index in [0.29, 0.717) is 0 Å². The standard InChI is InChI=1S/C12H16N6O5/c13-6(20)1-4-7-10(17-12(14)16-4)18(3-15-7)11-9(22)8(21)5(2-19)23-11/h3,5,8-9,11,19,21-22H,1-2H2,(H2,13,20)(H2,14,16,17)/t5-,8-,9-,11-/m1/s1. The van der Waals surface area contributed by atoms with Crippen LogP contribution in [-0.4, -0.2) is 65.7 Å². The van der Waals surface area contributed by atoms with Gasteiger partial charge in [-0.05, 0) is 0 Å². The van der Waals surface area contributed by atoms with Gasteiger partial charge in [0, 0.05) is 0 Å². The van der Waals surface area contributed by atoms with Crippen molar-refractivity contribution in [3.05, 3.63) is 12.0 Å². The zero-order valence-electron chi connectivity index (χ0n) is 11.9. The summed E-state index contributed by atoms with van der Waals surface area (Å²) in [6.07, 6.45) is -3.34. The van der Waals surface area contributed by atoms with Crippen molar-refractivity contribution in [3.63, 3.8) is 0 Å². The molecule has 2 aromatic rings. The second-order valence-corrected chi connectivity index (χ2v) is 5.22. The van der Waals surface area contributed by atoms with E-state index in [1.807, 2.05) is 0 Å². The van der Waals surface area contributed by atoms with Crippen LogP contribution in [0, 0.1) is 0 Å². The Morgan fingerprint density at radius 2 is 2.09 bits per heavy atom. The van der Waals surface area contributed by atoms with Crippen LogP contribution in [0.2, 0.25) is 0 Å². The molecule has 0 spiro atoms. The van der Waals surface area contributed by atoms with Crippen LogP contribution >= 0.6 is 0 Å². The molecule has 0 aromatic carbocycles. The van der Waals surface area contributed by atoms with Crippen LogP contribution in [0.4, 0.5) is 5.95 Å². The van der Waals surface area contributed by atoms with Crippen LogP contribution in [0.1, 0.15) is 11.9 Å². The summed E-state index contributed by atoms with van der Waals surface area (Å²) in [5.41, 5.74) is 11.6. The smallest absolute Gasteiger partial charge is 0.223 e. The Kier molecular flexibility index (Phi) is 3.85. The van der Waals surface area contributed by atoms with E-state index >= 15 is 0 Å². The Balaban J connectivity index is 2.06. The molecule has 0 aliphatic carbocycles. The number of nitrogen functional groups attached to an aromatic ring is 1. The summed E-state index contributed by atoms with van der Waals surface area (Å²) in [6, 6.07) is 0. The first-order chi connectivity index (χ1) is 10.9. The van der Waals surface area contributed by atoms with E-state index in [2.05, 4.69) is 15.0 Å². The normalized spacial score (nSPS) is 27.6. The van der Waals surface area contributed by atoms with Gasteiger partial charge in [-0.3, -0.25) is 9.36 Å². The number of nitrogens with two attached hydrogens (primary N) is 2. The molecular formula is C12H16N6O5. The first-order valence-electron chi connectivity index (χ1n) is 6.82. The maximum absolute atomic E-state index is 11.1. The molecule has 4 atom stereocenters. The number of rotatable bonds is 4. The number of hydrogen-bond acceptors (Lipinski definition) is 9. The van der Waals surface area contributed by atoms with Crippen molar-refractivity contribution < 1.29 is 24.9 Å². The van der Waals surface area contributed by atoms with Crippen LogP contribution in [0.25, 0.3) is 11.2 Å². The van der Waals surface area contributed by atoms with Crippen molar-refractivity contribution in [2.45, 2.75) is 31.0 Å². The van der Waals surface area contributed by atoms with E-state index in [-0.39, 0.29) is 29.2 Å². The topological polar surface area (TPSA) is 183 Å². The molecule has 1 aliphatic rings. The Labute approximate surface area is 129 Å². The molecule has 7 N–H and O–H groups in total. The lowest BCUT2D eigenvalue weighted by molar-refractivity contribution is -0.117. The second-order valence-electron chi connectivity index (χ2n) is 5.22. The number of amides is 1. The van der Waals surface area contributed by atoms with Gasteiger partial charge >= 0.3 is 0 Å². The number of hydrogen-bond donors (Lipinski definition) is 5. The number of aromatic nitrogens is 4. The van der Waals surface area contributed by atoms with Crippen molar-refractivity contribution in [2.24, 2.45) is 5.73 Å². The summed E-state index contributed by atoms with van der Waals surface area (Å²) in [5, 5.41) is 29.1. The Hall–Kier alpha value is -2.34. The molecule has 124 valence electrons. The average Bonchev–Trinajstić information content (AvgIpc) is 3.01. The predicted octanol–water partition coefficient (Wildman–Crippen LogP) is -2.95. The SMILES string of the molecule is NC(=O)Cc1nc(N)nc2c1ncn2[C@@H]1O[C@H](CO)[C@@H](O)[C@H]1O. The summed E-state index contributed by atoms with van der Waals surface area (Å²) in [4.78, 5) is 23.2. The third kappa shape index (κ3) is 2.59. The molecule has 1 aliphatic heterocycles. The van der Waals surface area contributed by atoms with Gasteiger partial charge in [0.05, 0.1) is 25.0 Å². The van der Waals surface area contributed by atoms with Crippen molar-refractivity contribution >= 4 is 23.0 Å². The molecule has 3 heterocycles. The minimum Gasteiger partial charge on any atom is -0.394 e. The van der Waals surface area contributed by atoms with Crippen molar-refractivity contribution in [1.29, 1.82) is 0 Å². The minimum absolute atomic E-state index is 0.0951. The Bertz CT molecular complexity index is 749. The van der Waals surface area contributed by atoms with Gasteiger partial charge in [-0.2, -0.15) is 4.98 Å². The fourth-order valence-electron chi connectivity index (χ4n) is 2.58. The van der Waals surface area contributed by atoms with Crippen molar-refractivity contribution in [2.75, 3.05) is 12.3 Å². The highest BCUT2D eigenvalue weighted by atomic mass is 16.6. The van der Waals surface area contributed by atoms with Gasteiger partial charge in [-0.15, -0.1) is 0 Å². The van der Waals surface area contributed by atoms with Crippen molar-refractivity contribution in [1.82, 2.24) is 19.5 Å². The summed E-state index contributed by atoms with van der Waals surface area (Å²) < 4.78 is 6.79. The van der Waals surface area contributed by atoms with Crippen LogP contribution < -0.4 is 11.5 Å². The molecule has 23 heavy (non-hydrogen) atoms. The van der Waals surface area contributed by atoms with Gasteiger partial charge in [0.15, 0.2) is 11.9 Å². The first-order valence-corrected chi connectivity index (χ1v) is 6.82. The Morgan fingerprint density at radius 1 is 1.35 bits per heavy atom. The van der Waals surface area contributed by atoms with Crippen LogP contribution in [-0.2, 0) is 16.0 Å². The van der Waals surface area contributed by atoms with E-state index in [1.165, 1.54) is 10.9 Å². The summed E-state index contributed by atoms with van der Waals surface area (Å²) >= 11 is 0. The number of primary amides is 1. The first kappa shape index (κ1) is 15.6. The molecule has 11 heteroatoms. The molecule has 11 nitrogen and oxygen atoms in total. The monoisotopic (exact) mass is 324 g/mol. The van der Waals surface area contributed by atoms with Gasteiger partial charge in [0.2, 0.25) is 11.9 Å². The van der Waals surface area contributed by atoms with E-state index in [9.17, 15) is 15.0 Å². The lowest BCUT2D eigenvalue weighted by Gasteiger charge is -2.16. The molecular weight excluding hydrogens is 308 g/mol. The fourth-order valence-corrected chi connectivity index (χ4v) is 2.58. The predicted molar refractivity (Wildman–Crippen MR) is 75.6 cm³/mol. The molecule has 0 bridgehead atoms. The van der Waals surface area contributed by atoms with E-state index in [0.717, 1.165) is 0 Å². The summed E-state index contributed by atoms with van der Waals surface area (Å²) in [6.45, 7) is -0.453. The van der Waals surface area contributed by atoms with Crippen LogP contribution in [0.15, 0.2) is 6.33 Å². The maximum atomic E-state index is 11.1. The molecule has 2 aromatic heterocycles. The number of aliphatic hydroxyl groups is 3. The third-order valence-electron chi connectivity index (χ3n) is 3.64. The zero-order chi connectivity index (χ0) is 16.7. The second kappa shape index (κ2) is 5.70. The number of fused-ring (bicyclic) bond motifs is 1. The highest BCUT2D eigenvalue weighted by Crippen LogP contribution is 2.31. The number of anilines is 1. The quantitative estimate of drug-likeness (QED) is 0.392. The number of nitrogens with zero attached hydrogens (tertiary/aromatic N) is 4. The van der Waals surface area contributed by atoms with Gasteiger partial charge in [0.1, 0.15) is 23.8 Å². The highest BCUT2D eigenvalue weighted by molar-refractivity contribution is 5.83. The number of aliphatic hydroxyl groups excluding tert-OH is 3. The lowest BCUT2D eigenvalue weighted by atomic mass is 10.1. The molecule has 0 unspecified atom stereocenters. The van der Waals surface area contributed by atoms with Crippen molar-refractivity contribution in [3.8, 4) is 0 Å². The molecule has 3 rings (SSSR count). The number of ether oxygens (including phenoxy) is 1. The number of carbonyl (C=O) groups excluding carboxylic acids is 1. The van der Waals surface area contributed by atoms with E-state index in [4.69, 9.17) is 21.3 Å². The highest BCUT2D eigenvalue weighted by Gasteiger charge is 2.44. The number of carbonyl (C=O) groups is 1. The average molecular weight is 324 g/mol. The molecule has 0 saturated carbocycles. The van der Waals surface area contributed by atoms with Gasteiger partial charge in [-0.25, -0.2) is 9.97 Å². The van der Waals surface area contributed by atoms with Gasteiger partial charge in [-0.1, -0.05) is 0 Å². The minimum atomic E-state index is -1.29. The van der Waals surface area contributed by atoms with E-state index in [1.54, 1.807) is 0 Å². The van der Waals surface area contributed by atoms with Gasteiger partial charge < -0.3 is 31.5 Å². The molecule has 1 amide bonds. The fraction of sp³-hybridized carbons (Fsp3) is 0.500. The Morgan fingerprint density at radius 3 is 2.70 bits per heavy atom. The van der Waals surface area contributed by atoms with E-state index < -0.39 is 37.1 Å². The molecule has 1 saturated heterocycles. The largest absolute Gasteiger partial charge is 0.394 e. The van der Waals surface area contributed by atoms with Crippen LogP contribution in [0.5, 0.6) is 0 Å². The molecule has 0 radical (unpaired) electrons. The number of imidazole rings is 1. The third-order valence-corrected chi connectivity index (χ3v) is 3.64. The summed E-state index contributed by atoms with van der Waals surface area (Å²) in [5.74, 6) is -0.700.